The fourth-order valence-electron chi connectivity index (χ4n) is 2.26. The van der Waals surface area contributed by atoms with E-state index in [0.29, 0.717) is 18.7 Å². The summed E-state index contributed by atoms with van der Waals surface area (Å²) < 4.78 is 13.9. The lowest BCUT2D eigenvalue weighted by atomic mass is 10.00. The molecule has 108 valence electrons. The van der Waals surface area contributed by atoms with Gasteiger partial charge >= 0.3 is 0 Å². The number of nitrogens with two attached hydrogens (primary N) is 1. The van der Waals surface area contributed by atoms with E-state index in [1.807, 2.05) is 0 Å². The van der Waals surface area contributed by atoms with Crippen LogP contribution in [0.2, 0.25) is 0 Å². The molecule has 6 heteroatoms. The van der Waals surface area contributed by atoms with Crippen molar-refractivity contribution in [1.82, 2.24) is 10.2 Å². The molecule has 1 aromatic rings. The lowest BCUT2D eigenvalue weighted by Gasteiger charge is -2.38. The summed E-state index contributed by atoms with van der Waals surface area (Å²) >= 11 is 0. The van der Waals surface area contributed by atoms with Gasteiger partial charge in [0.1, 0.15) is 5.82 Å². The van der Waals surface area contributed by atoms with E-state index in [1.54, 1.807) is 18.7 Å². The van der Waals surface area contributed by atoms with E-state index in [4.69, 9.17) is 5.73 Å². The Morgan fingerprint density at radius 3 is 2.80 bits per heavy atom. The van der Waals surface area contributed by atoms with Crippen LogP contribution in [-0.4, -0.2) is 35.3 Å². The molecule has 5 nitrogen and oxygen atoms in total. The van der Waals surface area contributed by atoms with Gasteiger partial charge in [-0.2, -0.15) is 0 Å². The normalized spacial score (nSPS) is 18.1. The van der Waals surface area contributed by atoms with E-state index in [2.05, 4.69) is 5.32 Å². The predicted molar refractivity (Wildman–Crippen MR) is 72.4 cm³/mol. The van der Waals surface area contributed by atoms with E-state index < -0.39 is 17.3 Å². The number of nitrogens with zero attached hydrogens (tertiary/aromatic N) is 1. The Hall–Kier alpha value is -1.95. The van der Waals surface area contributed by atoms with Crippen molar-refractivity contribution in [2.75, 3.05) is 13.1 Å². The Balaban J connectivity index is 2.18. The van der Waals surface area contributed by atoms with Crippen LogP contribution in [-0.2, 0) is 11.3 Å². The second-order valence-corrected chi connectivity index (χ2v) is 5.45. The van der Waals surface area contributed by atoms with Crippen LogP contribution in [0.5, 0.6) is 0 Å². The van der Waals surface area contributed by atoms with E-state index in [0.717, 1.165) is 6.07 Å². The van der Waals surface area contributed by atoms with Crippen LogP contribution in [0.3, 0.4) is 0 Å². The molecule has 1 saturated heterocycles. The number of carbonyl (C=O) groups excluding carboxylic acids is 2. The summed E-state index contributed by atoms with van der Waals surface area (Å²) in [5.41, 5.74) is 4.96. The van der Waals surface area contributed by atoms with E-state index in [9.17, 15) is 14.0 Å². The van der Waals surface area contributed by atoms with E-state index in [1.165, 1.54) is 12.1 Å². The molecule has 2 rings (SSSR count). The summed E-state index contributed by atoms with van der Waals surface area (Å²) in [6.07, 6.45) is 0. The zero-order valence-corrected chi connectivity index (χ0v) is 11.6. The first-order chi connectivity index (χ1) is 9.31. The van der Waals surface area contributed by atoms with Crippen molar-refractivity contribution in [3.05, 3.63) is 35.1 Å². The highest BCUT2D eigenvalue weighted by Gasteiger charge is 2.35. The topological polar surface area (TPSA) is 75.4 Å². The molecule has 0 bridgehead atoms. The number of hydrogen-bond acceptors (Lipinski definition) is 3. The Morgan fingerprint density at radius 1 is 1.50 bits per heavy atom. The Bertz CT molecular complexity index is 557. The highest BCUT2D eigenvalue weighted by Crippen LogP contribution is 2.18. The van der Waals surface area contributed by atoms with Gasteiger partial charge in [-0.05, 0) is 26.0 Å². The predicted octanol–water partition coefficient (Wildman–Crippen LogP) is 0.635. The van der Waals surface area contributed by atoms with Crippen molar-refractivity contribution >= 4 is 11.8 Å². The van der Waals surface area contributed by atoms with Gasteiger partial charge in [0.2, 0.25) is 11.8 Å². The molecular formula is C14H18FN3O2. The number of primary amides is 1. The molecule has 1 fully saturated rings. The standard InChI is InChI=1S/C14H18FN3O2/c1-14(2)13(20)18(6-5-17-14)8-10-4-3-9(12(16)19)7-11(10)15/h3-4,7,17H,5-6,8H2,1-2H3,(H2,16,19). The monoisotopic (exact) mass is 279 g/mol. The number of nitrogens with one attached hydrogen (secondary N) is 1. The Kier molecular flexibility index (Phi) is 3.76. The zero-order valence-electron chi connectivity index (χ0n) is 11.6. The Morgan fingerprint density at radius 2 is 2.20 bits per heavy atom. The Labute approximate surface area is 116 Å². The van der Waals surface area contributed by atoms with Gasteiger partial charge < -0.3 is 16.0 Å². The molecule has 0 aliphatic carbocycles. The average Bonchev–Trinajstić information content (AvgIpc) is 2.37. The number of carbonyl (C=O) groups is 2. The minimum atomic E-state index is -0.671. The van der Waals surface area contributed by atoms with Gasteiger partial charge in [0.15, 0.2) is 0 Å². The van der Waals surface area contributed by atoms with E-state index in [-0.39, 0.29) is 18.0 Å². The third kappa shape index (κ3) is 2.80. The molecule has 3 N–H and O–H groups in total. The molecule has 2 amide bonds. The summed E-state index contributed by atoms with van der Waals surface area (Å²) in [6, 6.07) is 4.08. The summed E-state index contributed by atoms with van der Waals surface area (Å²) in [4.78, 5) is 24.8. The molecule has 0 unspecified atom stereocenters. The van der Waals surface area contributed by atoms with E-state index >= 15 is 0 Å². The van der Waals surface area contributed by atoms with Gasteiger partial charge in [-0.15, -0.1) is 0 Å². The molecule has 0 aromatic heterocycles. The molecule has 0 atom stereocenters. The van der Waals surface area contributed by atoms with Crippen LogP contribution in [0, 0.1) is 5.82 Å². The molecule has 20 heavy (non-hydrogen) atoms. The number of halogens is 1. The van der Waals surface area contributed by atoms with Crippen molar-refractivity contribution in [1.29, 1.82) is 0 Å². The van der Waals surface area contributed by atoms with Crippen molar-refractivity contribution in [3.63, 3.8) is 0 Å². The van der Waals surface area contributed by atoms with Crippen LogP contribution < -0.4 is 11.1 Å². The zero-order chi connectivity index (χ0) is 14.9. The number of benzene rings is 1. The minimum Gasteiger partial charge on any atom is -0.366 e. The minimum absolute atomic E-state index is 0.0675. The van der Waals surface area contributed by atoms with Gasteiger partial charge in [0.25, 0.3) is 0 Å². The van der Waals surface area contributed by atoms with Gasteiger partial charge in [0.05, 0.1) is 5.54 Å². The quantitative estimate of drug-likeness (QED) is 0.852. The molecule has 1 heterocycles. The van der Waals surface area contributed by atoms with Crippen molar-refractivity contribution < 1.29 is 14.0 Å². The molecule has 1 aliphatic rings. The molecule has 0 radical (unpaired) electrons. The van der Waals surface area contributed by atoms with Crippen LogP contribution in [0.1, 0.15) is 29.8 Å². The summed E-state index contributed by atoms with van der Waals surface area (Å²) in [5.74, 6) is -1.26. The van der Waals surface area contributed by atoms with Gasteiger partial charge in [0, 0.05) is 30.8 Å². The fraction of sp³-hybridized carbons (Fsp3) is 0.429. The number of piperazine rings is 1. The summed E-state index contributed by atoms with van der Waals surface area (Å²) in [7, 11) is 0. The third-order valence-electron chi connectivity index (χ3n) is 3.47. The SMILES string of the molecule is CC1(C)NCCN(Cc2ccc(C(N)=O)cc2F)C1=O. The lowest BCUT2D eigenvalue weighted by Crippen LogP contribution is -2.60. The van der Waals surface area contributed by atoms with Crippen molar-refractivity contribution in [2.24, 2.45) is 5.73 Å². The summed E-state index contributed by atoms with van der Waals surface area (Å²) in [6.45, 7) is 4.98. The first-order valence-corrected chi connectivity index (χ1v) is 6.44. The van der Waals surface area contributed by atoms with Crippen molar-refractivity contribution in [2.45, 2.75) is 25.9 Å². The maximum absolute atomic E-state index is 13.9. The van der Waals surface area contributed by atoms with Gasteiger partial charge in [-0.25, -0.2) is 4.39 Å². The fourth-order valence-corrected chi connectivity index (χ4v) is 2.26. The van der Waals surface area contributed by atoms with Gasteiger partial charge in [-0.1, -0.05) is 6.07 Å². The second kappa shape index (κ2) is 5.20. The average molecular weight is 279 g/mol. The maximum Gasteiger partial charge on any atom is 0.248 e. The summed E-state index contributed by atoms with van der Waals surface area (Å²) in [5, 5.41) is 3.12. The van der Waals surface area contributed by atoms with Crippen molar-refractivity contribution in [3.8, 4) is 0 Å². The molecular weight excluding hydrogens is 261 g/mol. The molecule has 0 saturated carbocycles. The highest BCUT2D eigenvalue weighted by atomic mass is 19.1. The van der Waals surface area contributed by atoms with Crippen LogP contribution in [0.4, 0.5) is 4.39 Å². The second-order valence-electron chi connectivity index (χ2n) is 5.45. The number of amides is 2. The maximum atomic E-state index is 13.9. The molecule has 1 aromatic carbocycles. The van der Waals surface area contributed by atoms with Gasteiger partial charge in [-0.3, -0.25) is 9.59 Å². The van der Waals surface area contributed by atoms with Crippen LogP contribution >= 0.6 is 0 Å². The third-order valence-corrected chi connectivity index (χ3v) is 3.47. The highest BCUT2D eigenvalue weighted by molar-refractivity contribution is 5.92. The number of hydrogen-bond donors (Lipinski definition) is 2. The first kappa shape index (κ1) is 14.5. The first-order valence-electron chi connectivity index (χ1n) is 6.44. The van der Waals surface area contributed by atoms with Crippen LogP contribution in [0.25, 0.3) is 0 Å². The molecule has 1 aliphatic heterocycles. The van der Waals surface area contributed by atoms with Crippen LogP contribution in [0.15, 0.2) is 18.2 Å². The lowest BCUT2D eigenvalue weighted by molar-refractivity contribution is -0.140. The largest absolute Gasteiger partial charge is 0.366 e. The smallest absolute Gasteiger partial charge is 0.248 e. The number of rotatable bonds is 3. The molecule has 0 spiro atoms.